The van der Waals surface area contributed by atoms with Crippen molar-refractivity contribution in [2.24, 2.45) is 17.8 Å². The molecule has 0 amide bonds. The second-order valence-electron chi connectivity index (χ2n) is 13.0. The highest BCUT2D eigenvalue weighted by Gasteiger charge is 2.35. The number of aromatic nitrogens is 4. The Morgan fingerprint density at radius 1 is 0.925 bits per heavy atom. The van der Waals surface area contributed by atoms with Gasteiger partial charge in [-0.15, -0.1) is 0 Å². The molecule has 1 aromatic heterocycles. The molecule has 0 aromatic carbocycles. The lowest BCUT2D eigenvalue weighted by atomic mass is 9.84. The third-order valence-corrected chi connectivity index (χ3v) is 12.1. The molecule has 4 N–H and O–H groups in total. The summed E-state index contributed by atoms with van der Waals surface area (Å²) in [6, 6.07) is -0.0496. The summed E-state index contributed by atoms with van der Waals surface area (Å²) in [6.45, 7) is 4.17. The van der Waals surface area contributed by atoms with Gasteiger partial charge in [-0.2, -0.15) is 9.36 Å². The molecule has 12 heteroatoms. The minimum absolute atomic E-state index is 0.0191. The van der Waals surface area contributed by atoms with Crippen molar-refractivity contribution in [3.8, 4) is 0 Å². The van der Waals surface area contributed by atoms with Crippen LogP contribution in [0.2, 0.25) is 0 Å². The average Bonchev–Trinajstić information content (AvgIpc) is 3.62. The molecule has 4 aliphatic rings. The molecule has 1 aromatic rings. The number of aliphatic hydroxyl groups is 1. The van der Waals surface area contributed by atoms with Gasteiger partial charge in [0.2, 0.25) is 10.0 Å². The van der Waals surface area contributed by atoms with Crippen molar-refractivity contribution in [1.82, 2.24) is 35.1 Å². The van der Waals surface area contributed by atoms with Crippen molar-refractivity contribution < 1.29 is 13.5 Å². The first-order valence-corrected chi connectivity index (χ1v) is 17.6. The van der Waals surface area contributed by atoms with Crippen LogP contribution in [-0.4, -0.2) is 76.9 Å². The molecule has 2 atom stereocenters. The number of rotatable bonds is 12. The Hall–Kier alpha value is -1.34. The predicted octanol–water partition coefficient (Wildman–Crippen LogP) is 1.93. The van der Waals surface area contributed by atoms with E-state index in [-0.39, 0.29) is 23.9 Å². The molecule has 2 heterocycles. The van der Waals surface area contributed by atoms with Gasteiger partial charge in [-0.3, -0.25) is 0 Å². The fourth-order valence-electron chi connectivity index (χ4n) is 7.50. The van der Waals surface area contributed by atoms with E-state index in [1.165, 1.54) is 22.2 Å². The van der Waals surface area contributed by atoms with Gasteiger partial charge in [0.25, 0.3) is 0 Å². The molecule has 1 saturated heterocycles. The van der Waals surface area contributed by atoms with E-state index in [9.17, 15) is 18.3 Å². The van der Waals surface area contributed by atoms with Crippen LogP contribution in [-0.2, 0) is 16.6 Å². The summed E-state index contributed by atoms with van der Waals surface area (Å²) in [7, 11) is -3.39. The third-order valence-electron chi connectivity index (χ3n) is 10.1. The van der Waals surface area contributed by atoms with Crippen molar-refractivity contribution in [3.63, 3.8) is 0 Å². The molecule has 1 aliphatic heterocycles. The van der Waals surface area contributed by atoms with Crippen molar-refractivity contribution >= 4 is 10.0 Å². The minimum Gasteiger partial charge on any atom is -0.391 e. The summed E-state index contributed by atoms with van der Waals surface area (Å²) >= 11 is 0. The first-order chi connectivity index (χ1) is 19.4. The molecule has 0 radical (unpaired) electrons. The molecule has 11 nitrogen and oxygen atoms in total. The van der Waals surface area contributed by atoms with Crippen LogP contribution in [0.3, 0.4) is 0 Å². The van der Waals surface area contributed by atoms with Gasteiger partial charge >= 0.3 is 5.69 Å². The molecular weight excluding hydrogens is 530 g/mol. The van der Waals surface area contributed by atoms with E-state index in [1.54, 1.807) is 0 Å². The van der Waals surface area contributed by atoms with Gasteiger partial charge < -0.3 is 15.7 Å². The van der Waals surface area contributed by atoms with Crippen molar-refractivity contribution in [3.05, 3.63) is 10.5 Å². The third kappa shape index (κ3) is 7.93. The summed E-state index contributed by atoms with van der Waals surface area (Å²) < 4.78 is 32.4. The zero-order chi connectivity index (χ0) is 28.0. The van der Waals surface area contributed by atoms with E-state index < -0.39 is 15.3 Å². The highest BCUT2D eigenvalue weighted by Crippen LogP contribution is 2.32. The van der Waals surface area contributed by atoms with Crippen LogP contribution in [0.25, 0.3) is 0 Å². The van der Waals surface area contributed by atoms with E-state index in [2.05, 4.69) is 25.8 Å². The quantitative estimate of drug-likeness (QED) is 0.274. The highest BCUT2D eigenvalue weighted by molar-refractivity contribution is 7.90. The molecular formula is C28H51N7O4S. The number of nitrogens with one attached hydrogen (secondary N) is 3. The van der Waals surface area contributed by atoms with Crippen LogP contribution in [0, 0.1) is 17.8 Å². The zero-order valence-electron chi connectivity index (χ0n) is 24.1. The summed E-state index contributed by atoms with van der Waals surface area (Å²) in [5.74, 6) is 1.48. The second kappa shape index (κ2) is 14.2. The van der Waals surface area contributed by atoms with Gasteiger partial charge in [0, 0.05) is 19.1 Å². The van der Waals surface area contributed by atoms with Crippen LogP contribution in [0.5, 0.6) is 0 Å². The molecule has 3 aliphatic carbocycles. The maximum Gasteiger partial charge on any atom is 0.363 e. The Morgan fingerprint density at radius 2 is 1.68 bits per heavy atom. The second-order valence-corrected chi connectivity index (χ2v) is 15.0. The number of nitrogens with zero attached hydrogens (tertiary/aromatic N) is 4. The van der Waals surface area contributed by atoms with Crippen molar-refractivity contribution in [2.75, 3.05) is 26.2 Å². The van der Waals surface area contributed by atoms with E-state index in [0.717, 1.165) is 77.4 Å². The Labute approximate surface area is 239 Å². The molecule has 0 spiro atoms. The number of sulfonamides is 1. The van der Waals surface area contributed by atoms with Crippen LogP contribution >= 0.6 is 0 Å². The number of tetrazole rings is 1. The van der Waals surface area contributed by atoms with Crippen LogP contribution < -0.4 is 21.0 Å². The van der Waals surface area contributed by atoms with Crippen molar-refractivity contribution in [2.45, 2.75) is 126 Å². The summed E-state index contributed by atoms with van der Waals surface area (Å²) in [6.07, 6.45) is 14.0. The van der Waals surface area contributed by atoms with Gasteiger partial charge in [-0.1, -0.05) is 12.8 Å². The number of hydrogen-bond acceptors (Lipinski definition) is 8. The predicted molar refractivity (Wildman–Crippen MR) is 154 cm³/mol. The average molecular weight is 582 g/mol. The van der Waals surface area contributed by atoms with E-state index >= 15 is 0 Å². The summed E-state index contributed by atoms with van der Waals surface area (Å²) in [5, 5.41) is 25.1. The normalized spacial score (nSPS) is 31.4. The first kappa shape index (κ1) is 30.1. The Bertz CT molecular complexity index is 1060. The molecule has 4 fully saturated rings. The maximum atomic E-state index is 13.2. The Morgan fingerprint density at radius 3 is 2.38 bits per heavy atom. The van der Waals surface area contributed by atoms with Gasteiger partial charge in [-0.25, -0.2) is 17.9 Å². The zero-order valence-corrected chi connectivity index (χ0v) is 24.9. The molecule has 5 rings (SSSR count). The van der Waals surface area contributed by atoms with Crippen molar-refractivity contribution in [1.29, 1.82) is 0 Å². The molecule has 40 heavy (non-hydrogen) atoms. The van der Waals surface area contributed by atoms with Gasteiger partial charge in [0.05, 0.1) is 23.9 Å². The first-order valence-electron chi connectivity index (χ1n) is 16.0. The van der Waals surface area contributed by atoms with Crippen LogP contribution in [0.4, 0.5) is 0 Å². The lowest BCUT2D eigenvalue weighted by Gasteiger charge is -2.32. The van der Waals surface area contributed by atoms with E-state index in [1.807, 2.05) is 0 Å². The fourth-order valence-corrected chi connectivity index (χ4v) is 9.28. The highest BCUT2D eigenvalue weighted by atomic mass is 32.2. The number of hydrogen-bond donors (Lipinski definition) is 4. The monoisotopic (exact) mass is 581 g/mol. The SMILES string of the molecule is O=c1n(CC2CCCC2)nnn1C1CCC(S(=O)(=O)NC2CCC(CCNCC(O)C3CCCNC3)CC2)CC1. The van der Waals surface area contributed by atoms with E-state index in [4.69, 9.17) is 0 Å². The topological polar surface area (TPSA) is 143 Å². The summed E-state index contributed by atoms with van der Waals surface area (Å²) in [4.78, 5) is 12.9. The summed E-state index contributed by atoms with van der Waals surface area (Å²) in [5.41, 5.74) is -0.152. The number of aliphatic hydroxyl groups excluding tert-OH is 1. The van der Waals surface area contributed by atoms with Crippen LogP contribution in [0.1, 0.15) is 102 Å². The standard InChI is InChI=1S/C28H51N7O4S/c36-27(23-6-3-16-29-18-23)19-30-17-15-21-7-9-24(10-8-21)31-40(38,39)26-13-11-25(12-14-26)35-28(37)34(32-33-35)20-22-4-1-2-5-22/h21-27,29-31,36H,1-20H2. The van der Waals surface area contributed by atoms with Gasteiger partial charge in [0.15, 0.2) is 0 Å². The Balaban J connectivity index is 0.989. The smallest absolute Gasteiger partial charge is 0.363 e. The Kier molecular flexibility index (Phi) is 10.7. The maximum absolute atomic E-state index is 13.2. The minimum atomic E-state index is -3.39. The van der Waals surface area contributed by atoms with E-state index in [0.29, 0.717) is 56.5 Å². The fraction of sp³-hybridized carbons (Fsp3) is 0.964. The lowest BCUT2D eigenvalue weighted by molar-refractivity contribution is 0.0906. The lowest BCUT2D eigenvalue weighted by Crippen LogP contribution is -2.44. The van der Waals surface area contributed by atoms with Gasteiger partial charge in [-0.05, 0) is 125 Å². The molecule has 2 unspecified atom stereocenters. The van der Waals surface area contributed by atoms with Gasteiger partial charge in [0.1, 0.15) is 0 Å². The molecule has 0 bridgehead atoms. The van der Waals surface area contributed by atoms with Crippen LogP contribution in [0.15, 0.2) is 4.79 Å². The largest absolute Gasteiger partial charge is 0.391 e. The number of piperidine rings is 1. The molecule has 228 valence electrons. The molecule has 3 saturated carbocycles.